The number of amides is 1. The van der Waals surface area contributed by atoms with Crippen LogP contribution in [0.25, 0.3) is 0 Å². The lowest BCUT2D eigenvalue weighted by molar-refractivity contribution is -0.120. The second kappa shape index (κ2) is 9.40. The Labute approximate surface area is 154 Å². The predicted octanol–water partition coefficient (Wildman–Crippen LogP) is 3.58. The molecule has 0 aliphatic rings. The molecule has 26 heavy (non-hydrogen) atoms. The molecule has 2 aromatic rings. The summed E-state index contributed by atoms with van der Waals surface area (Å²) in [7, 11) is 1.89. The molecule has 2 rings (SSSR count). The number of nitriles is 1. The molecule has 5 nitrogen and oxygen atoms in total. The van der Waals surface area contributed by atoms with E-state index in [0.29, 0.717) is 24.4 Å². The standard InChI is InChI=1S/C21H23N3O2/c1-4-13-26-19-11-9-17(10-12-19)15-24(3)16(2)21(25)23-20-8-6-5-7-18(20)14-22/h4-12,16H,1,13,15H2,2-3H3,(H,23,25)/t16-/m1/s1. The fraction of sp³-hybridized carbons (Fsp3) is 0.238. The molecule has 0 aliphatic carbocycles. The van der Waals surface area contributed by atoms with Crippen LogP contribution in [0.3, 0.4) is 0 Å². The number of nitrogens with one attached hydrogen (secondary N) is 1. The van der Waals surface area contributed by atoms with E-state index >= 15 is 0 Å². The maximum absolute atomic E-state index is 12.5. The Hall–Kier alpha value is -3.10. The normalized spacial score (nSPS) is 11.5. The smallest absolute Gasteiger partial charge is 0.241 e. The van der Waals surface area contributed by atoms with Gasteiger partial charge in [-0.15, -0.1) is 0 Å². The second-order valence-electron chi connectivity index (χ2n) is 5.98. The lowest BCUT2D eigenvalue weighted by Crippen LogP contribution is -2.39. The molecule has 0 saturated carbocycles. The lowest BCUT2D eigenvalue weighted by Gasteiger charge is -2.24. The van der Waals surface area contributed by atoms with Crippen molar-refractivity contribution in [3.63, 3.8) is 0 Å². The monoisotopic (exact) mass is 349 g/mol. The van der Waals surface area contributed by atoms with Crippen molar-refractivity contribution in [3.05, 3.63) is 72.3 Å². The second-order valence-corrected chi connectivity index (χ2v) is 5.98. The van der Waals surface area contributed by atoms with Crippen molar-refractivity contribution >= 4 is 11.6 Å². The van der Waals surface area contributed by atoms with Gasteiger partial charge >= 0.3 is 0 Å². The SMILES string of the molecule is C=CCOc1ccc(CN(C)[C@H](C)C(=O)Nc2ccccc2C#N)cc1. The van der Waals surface area contributed by atoms with Crippen LogP contribution < -0.4 is 10.1 Å². The number of nitrogens with zero attached hydrogens (tertiary/aromatic N) is 2. The Balaban J connectivity index is 1.95. The summed E-state index contributed by atoms with van der Waals surface area (Å²) in [5.74, 6) is 0.636. The molecule has 5 heteroatoms. The third-order valence-corrected chi connectivity index (χ3v) is 4.07. The van der Waals surface area contributed by atoms with Gasteiger partial charge in [-0.05, 0) is 43.8 Å². The van der Waals surface area contributed by atoms with Crippen molar-refractivity contribution in [3.8, 4) is 11.8 Å². The number of hydrogen-bond acceptors (Lipinski definition) is 4. The average Bonchev–Trinajstić information content (AvgIpc) is 2.67. The highest BCUT2D eigenvalue weighted by atomic mass is 16.5. The number of para-hydroxylation sites is 1. The molecule has 0 saturated heterocycles. The van der Waals surface area contributed by atoms with E-state index in [1.165, 1.54) is 0 Å². The van der Waals surface area contributed by atoms with Crippen molar-refractivity contribution in [2.24, 2.45) is 0 Å². The molecular formula is C21H23N3O2. The minimum absolute atomic E-state index is 0.152. The number of hydrogen-bond donors (Lipinski definition) is 1. The summed E-state index contributed by atoms with van der Waals surface area (Å²) in [6.07, 6.45) is 1.70. The summed E-state index contributed by atoms with van der Waals surface area (Å²) >= 11 is 0. The number of anilines is 1. The van der Waals surface area contributed by atoms with E-state index in [1.54, 1.807) is 30.3 Å². The van der Waals surface area contributed by atoms with Crippen LogP contribution >= 0.6 is 0 Å². The highest BCUT2D eigenvalue weighted by Gasteiger charge is 2.19. The summed E-state index contributed by atoms with van der Waals surface area (Å²) < 4.78 is 5.47. The first kappa shape index (κ1) is 19.2. The van der Waals surface area contributed by atoms with Crippen LogP contribution in [-0.4, -0.2) is 30.5 Å². The molecule has 0 aliphatic heterocycles. The molecule has 1 atom stereocenters. The molecule has 0 bridgehead atoms. The Morgan fingerprint density at radius 2 is 2.00 bits per heavy atom. The zero-order valence-electron chi connectivity index (χ0n) is 15.1. The summed E-state index contributed by atoms with van der Waals surface area (Å²) in [6.45, 7) is 6.56. The first-order valence-electron chi connectivity index (χ1n) is 8.38. The molecule has 0 aromatic heterocycles. The molecule has 0 fully saturated rings. The highest BCUT2D eigenvalue weighted by Crippen LogP contribution is 2.16. The van der Waals surface area contributed by atoms with E-state index in [4.69, 9.17) is 10.00 Å². The number of carbonyl (C=O) groups excluding carboxylic acids is 1. The van der Waals surface area contributed by atoms with Gasteiger partial charge in [-0.3, -0.25) is 9.69 Å². The quantitative estimate of drug-likeness (QED) is 0.740. The maximum Gasteiger partial charge on any atom is 0.241 e. The Morgan fingerprint density at radius 1 is 1.31 bits per heavy atom. The molecule has 2 aromatic carbocycles. The van der Waals surface area contributed by atoms with Crippen LogP contribution in [0.5, 0.6) is 5.75 Å². The van der Waals surface area contributed by atoms with Gasteiger partial charge < -0.3 is 10.1 Å². The highest BCUT2D eigenvalue weighted by molar-refractivity contribution is 5.95. The summed E-state index contributed by atoms with van der Waals surface area (Å²) in [5.41, 5.74) is 2.06. The molecule has 1 N–H and O–H groups in total. The summed E-state index contributed by atoms with van der Waals surface area (Å²) in [4.78, 5) is 14.4. The van der Waals surface area contributed by atoms with E-state index in [-0.39, 0.29) is 11.9 Å². The molecule has 1 amide bonds. The van der Waals surface area contributed by atoms with E-state index in [0.717, 1.165) is 11.3 Å². The first-order chi connectivity index (χ1) is 12.5. The topological polar surface area (TPSA) is 65.4 Å². The van der Waals surface area contributed by atoms with E-state index in [2.05, 4.69) is 18.0 Å². The van der Waals surface area contributed by atoms with E-state index in [1.807, 2.05) is 43.1 Å². The van der Waals surface area contributed by atoms with E-state index < -0.39 is 0 Å². The average molecular weight is 349 g/mol. The van der Waals surface area contributed by atoms with Crippen molar-refractivity contribution in [2.45, 2.75) is 19.5 Å². The summed E-state index contributed by atoms with van der Waals surface area (Å²) in [5, 5.41) is 12.0. The summed E-state index contributed by atoms with van der Waals surface area (Å²) in [6, 6.07) is 16.5. The fourth-order valence-electron chi connectivity index (χ4n) is 2.40. The maximum atomic E-state index is 12.5. The number of benzene rings is 2. The largest absolute Gasteiger partial charge is 0.490 e. The minimum atomic E-state index is -0.349. The third kappa shape index (κ3) is 5.20. The Bertz CT molecular complexity index is 794. The molecule has 0 radical (unpaired) electrons. The van der Waals surface area contributed by atoms with Gasteiger partial charge in [0.25, 0.3) is 0 Å². The molecule has 0 spiro atoms. The number of ether oxygens (including phenoxy) is 1. The van der Waals surface area contributed by atoms with Crippen LogP contribution in [0.4, 0.5) is 5.69 Å². The van der Waals surface area contributed by atoms with Gasteiger partial charge in [0.2, 0.25) is 5.91 Å². The minimum Gasteiger partial charge on any atom is -0.490 e. The Kier molecular flexibility index (Phi) is 6.95. The third-order valence-electron chi connectivity index (χ3n) is 4.07. The van der Waals surface area contributed by atoms with Crippen LogP contribution in [0, 0.1) is 11.3 Å². The molecule has 134 valence electrons. The van der Waals surface area contributed by atoms with Gasteiger partial charge in [0.15, 0.2) is 0 Å². The van der Waals surface area contributed by atoms with Crippen LogP contribution in [0.1, 0.15) is 18.1 Å². The van der Waals surface area contributed by atoms with Gasteiger partial charge in [-0.1, -0.05) is 36.9 Å². The Morgan fingerprint density at radius 3 is 2.65 bits per heavy atom. The first-order valence-corrected chi connectivity index (χ1v) is 8.38. The van der Waals surface area contributed by atoms with Crippen LogP contribution in [-0.2, 0) is 11.3 Å². The zero-order valence-corrected chi connectivity index (χ0v) is 15.1. The fourth-order valence-corrected chi connectivity index (χ4v) is 2.40. The van der Waals surface area contributed by atoms with Gasteiger partial charge in [-0.25, -0.2) is 0 Å². The van der Waals surface area contributed by atoms with Crippen molar-refractivity contribution < 1.29 is 9.53 Å². The lowest BCUT2D eigenvalue weighted by atomic mass is 10.1. The van der Waals surface area contributed by atoms with Crippen molar-refractivity contribution in [1.82, 2.24) is 4.90 Å². The van der Waals surface area contributed by atoms with Crippen LogP contribution in [0.15, 0.2) is 61.2 Å². The van der Waals surface area contributed by atoms with Crippen molar-refractivity contribution in [2.75, 3.05) is 19.0 Å². The molecule has 0 unspecified atom stereocenters. The predicted molar refractivity (Wildman–Crippen MR) is 103 cm³/mol. The van der Waals surface area contributed by atoms with Crippen molar-refractivity contribution in [1.29, 1.82) is 5.26 Å². The number of rotatable bonds is 8. The molecular weight excluding hydrogens is 326 g/mol. The zero-order chi connectivity index (χ0) is 18.9. The van der Waals surface area contributed by atoms with Gasteiger partial charge in [0.05, 0.1) is 17.3 Å². The van der Waals surface area contributed by atoms with E-state index in [9.17, 15) is 4.79 Å². The van der Waals surface area contributed by atoms with Gasteiger partial charge in [0, 0.05) is 6.54 Å². The van der Waals surface area contributed by atoms with Gasteiger partial charge in [-0.2, -0.15) is 5.26 Å². The number of likely N-dealkylation sites (N-methyl/N-ethyl adjacent to an activating group) is 1. The number of carbonyl (C=O) groups is 1. The molecule has 0 heterocycles. The van der Waals surface area contributed by atoms with Crippen LogP contribution in [0.2, 0.25) is 0 Å². The van der Waals surface area contributed by atoms with Gasteiger partial charge in [0.1, 0.15) is 18.4 Å².